The van der Waals surface area contributed by atoms with E-state index in [0.717, 1.165) is 23.3 Å². The summed E-state index contributed by atoms with van der Waals surface area (Å²) in [5, 5.41) is 8.46. The van der Waals surface area contributed by atoms with Crippen molar-refractivity contribution in [3.05, 3.63) is 131 Å². The molecule has 0 atom stereocenters. The summed E-state index contributed by atoms with van der Waals surface area (Å²) in [6.07, 6.45) is 3.40. The average Bonchev–Trinajstić information content (AvgIpc) is 3.08. The molecule has 0 aromatic heterocycles. The fourth-order valence-electron chi connectivity index (χ4n) is 4.38. The number of benzene rings is 4. The third kappa shape index (κ3) is 11.0. The smallest absolute Gasteiger partial charge is 0.338 e. The van der Waals surface area contributed by atoms with Gasteiger partial charge in [-0.3, -0.25) is 14.4 Å². The molecule has 0 fully saturated rings. The van der Waals surface area contributed by atoms with E-state index in [-0.39, 0.29) is 23.3 Å². The molecule has 4 aromatic carbocycles. The SMILES string of the molecule is CCCCOC(=O)c1ccc(NC(=O)CSc2cccc(NC(=O)/C(=C\c3ccc(C(C)C)cc3)NC(=O)c3ccccc3)c2)cc1. The number of unbranched alkanes of at least 4 members (excludes halogenated alkanes) is 1. The first kappa shape index (κ1) is 34.7. The second-order valence-electron chi connectivity index (χ2n) is 11.1. The van der Waals surface area contributed by atoms with Crippen molar-refractivity contribution in [2.24, 2.45) is 0 Å². The van der Waals surface area contributed by atoms with Gasteiger partial charge in [0.05, 0.1) is 17.9 Å². The molecule has 3 N–H and O–H groups in total. The van der Waals surface area contributed by atoms with E-state index in [1.807, 2.05) is 43.3 Å². The normalized spacial score (nSPS) is 11.1. The van der Waals surface area contributed by atoms with Gasteiger partial charge in [-0.25, -0.2) is 4.79 Å². The molecule has 242 valence electrons. The number of amides is 3. The number of carbonyl (C=O) groups excluding carboxylic acids is 4. The molecule has 4 aromatic rings. The van der Waals surface area contributed by atoms with E-state index in [9.17, 15) is 19.2 Å². The molecule has 0 aliphatic carbocycles. The molecule has 4 rings (SSSR count). The maximum Gasteiger partial charge on any atom is 0.338 e. The van der Waals surface area contributed by atoms with Crippen LogP contribution >= 0.6 is 11.8 Å². The van der Waals surface area contributed by atoms with E-state index < -0.39 is 11.8 Å². The molecule has 0 spiro atoms. The molecule has 9 heteroatoms. The highest BCUT2D eigenvalue weighted by Crippen LogP contribution is 2.23. The molecule has 0 unspecified atom stereocenters. The Morgan fingerprint density at radius 2 is 1.51 bits per heavy atom. The van der Waals surface area contributed by atoms with Crippen molar-refractivity contribution in [2.45, 2.75) is 44.4 Å². The van der Waals surface area contributed by atoms with Gasteiger partial charge in [0.25, 0.3) is 11.8 Å². The van der Waals surface area contributed by atoms with Crippen LogP contribution in [0.2, 0.25) is 0 Å². The minimum atomic E-state index is -0.486. The van der Waals surface area contributed by atoms with Crippen molar-refractivity contribution >= 4 is 52.9 Å². The van der Waals surface area contributed by atoms with Gasteiger partial charge in [-0.15, -0.1) is 11.8 Å². The van der Waals surface area contributed by atoms with Crippen LogP contribution in [-0.4, -0.2) is 36.1 Å². The zero-order chi connectivity index (χ0) is 33.6. The molecule has 0 aliphatic heterocycles. The zero-order valence-electron chi connectivity index (χ0n) is 26.7. The number of thioether (sulfide) groups is 1. The van der Waals surface area contributed by atoms with Gasteiger partial charge < -0.3 is 20.7 Å². The van der Waals surface area contributed by atoms with Gasteiger partial charge in [0.2, 0.25) is 5.91 Å². The lowest BCUT2D eigenvalue weighted by Crippen LogP contribution is -2.30. The highest BCUT2D eigenvalue weighted by molar-refractivity contribution is 8.00. The Morgan fingerprint density at radius 1 is 0.787 bits per heavy atom. The minimum Gasteiger partial charge on any atom is -0.462 e. The highest BCUT2D eigenvalue weighted by atomic mass is 32.2. The van der Waals surface area contributed by atoms with Crippen LogP contribution < -0.4 is 16.0 Å². The van der Waals surface area contributed by atoms with Crippen LogP contribution in [0.5, 0.6) is 0 Å². The van der Waals surface area contributed by atoms with Crippen LogP contribution in [-0.2, 0) is 14.3 Å². The van der Waals surface area contributed by atoms with Crippen molar-refractivity contribution in [3.63, 3.8) is 0 Å². The predicted octanol–water partition coefficient (Wildman–Crippen LogP) is 7.91. The third-order valence-corrected chi connectivity index (χ3v) is 8.03. The molecule has 0 saturated heterocycles. The summed E-state index contributed by atoms with van der Waals surface area (Å²) in [6, 6.07) is 30.2. The molecule has 0 heterocycles. The summed E-state index contributed by atoms with van der Waals surface area (Å²) >= 11 is 1.31. The zero-order valence-corrected chi connectivity index (χ0v) is 27.6. The number of anilines is 2. The number of hydrogen-bond donors (Lipinski definition) is 3. The van der Waals surface area contributed by atoms with Gasteiger partial charge in [0, 0.05) is 21.8 Å². The molecule has 3 amide bonds. The van der Waals surface area contributed by atoms with Crippen LogP contribution in [0.3, 0.4) is 0 Å². The number of ether oxygens (including phenoxy) is 1. The molecule has 0 aliphatic rings. The maximum atomic E-state index is 13.5. The Kier molecular flexibility index (Phi) is 12.9. The van der Waals surface area contributed by atoms with E-state index in [2.05, 4.69) is 29.8 Å². The number of nitrogens with one attached hydrogen (secondary N) is 3. The lowest BCUT2D eigenvalue weighted by atomic mass is 10.0. The van der Waals surface area contributed by atoms with Crippen LogP contribution in [0.25, 0.3) is 6.08 Å². The van der Waals surface area contributed by atoms with E-state index in [1.54, 1.807) is 72.8 Å². The second kappa shape index (κ2) is 17.5. The lowest BCUT2D eigenvalue weighted by Gasteiger charge is -2.13. The molecule has 8 nitrogen and oxygen atoms in total. The maximum absolute atomic E-state index is 13.5. The predicted molar refractivity (Wildman–Crippen MR) is 188 cm³/mol. The average molecular weight is 650 g/mol. The lowest BCUT2D eigenvalue weighted by molar-refractivity contribution is -0.114. The summed E-state index contributed by atoms with van der Waals surface area (Å²) in [5.41, 5.74) is 3.96. The minimum absolute atomic E-state index is 0.0915. The second-order valence-corrected chi connectivity index (χ2v) is 12.1. The van der Waals surface area contributed by atoms with Crippen LogP contribution in [0.4, 0.5) is 11.4 Å². The van der Waals surface area contributed by atoms with Gasteiger partial charge in [0.15, 0.2) is 0 Å². The molecular weight excluding hydrogens is 611 g/mol. The molecule has 0 saturated carbocycles. The Hall–Kier alpha value is -5.15. The summed E-state index contributed by atoms with van der Waals surface area (Å²) in [6.45, 7) is 6.62. The van der Waals surface area contributed by atoms with Crippen LogP contribution in [0.15, 0.2) is 114 Å². The van der Waals surface area contributed by atoms with Gasteiger partial charge >= 0.3 is 5.97 Å². The Morgan fingerprint density at radius 3 is 2.19 bits per heavy atom. The van der Waals surface area contributed by atoms with Crippen molar-refractivity contribution in [3.8, 4) is 0 Å². The quantitative estimate of drug-likeness (QED) is 0.0554. The fraction of sp³-hybridized carbons (Fsp3) is 0.211. The first-order valence-corrected chi connectivity index (χ1v) is 16.5. The molecular formula is C38H39N3O5S. The summed E-state index contributed by atoms with van der Waals surface area (Å²) < 4.78 is 5.22. The molecule has 47 heavy (non-hydrogen) atoms. The Labute approximate surface area is 280 Å². The van der Waals surface area contributed by atoms with Crippen molar-refractivity contribution < 1.29 is 23.9 Å². The number of hydrogen-bond acceptors (Lipinski definition) is 6. The Bertz CT molecular complexity index is 1700. The summed E-state index contributed by atoms with van der Waals surface area (Å²) in [5.74, 6) is -1.00. The van der Waals surface area contributed by atoms with Crippen molar-refractivity contribution in [1.29, 1.82) is 0 Å². The van der Waals surface area contributed by atoms with E-state index in [0.29, 0.717) is 35.0 Å². The van der Waals surface area contributed by atoms with Crippen molar-refractivity contribution in [2.75, 3.05) is 23.0 Å². The topological polar surface area (TPSA) is 114 Å². The fourth-order valence-corrected chi connectivity index (χ4v) is 5.13. The van der Waals surface area contributed by atoms with E-state index >= 15 is 0 Å². The van der Waals surface area contributed by atoms with Gasteiger partial charge in [0.1, 0.15) is 5.70 Å². The highest BCUT2D eigenvalue weighted by Gasteiger charge is 2.16. The largest absolute Gasteiger partial charge is 0.462 e. The Balaban J connectivity index is 1.38. The number of rotatable bonds is 14. The number of esters is 1. The number of carbonyl (C=O) groups is 4. The van der Waals surface area contributed by atoms with E-state index in [1.165, 1.54) is 17.3 Å². The van der Waals surface area contributed by atoms with Crippen LogP contribution in [0.1, 0.15) is 71.4 Å². The van der Waals surface area contributed by atoms with Crippen molar-refractivity contribution in [1.82, 2.24) is 5.32 Å². The molecule has 0 radical (unpaired) electrons. The van der Waals surface area contributed by atoms with Gasteiger partial charge in [-0.1, -0.05) is 75.7 Å². The summed E-state index contributed by atoms with van der Waals surface area (Å²) in [7, 11) is 0. The van der Waals surface area contributed by atoms with Gasteiger partial charge in [-0.05, 0) is 84.1 Å². The first-order chi connectivity index (χ1) is 22.7. The summed E-state index contributed by atoms with van der Waals surface area (Å²) in [4.78, 5) is 52.0. The third-order valence-electron chi connectivity index (χ3n) is 7.04. The molecule has 0 bridgehead atoms. The van der Waals surface area contributed by atoms with Gasteiger partial charge in [-0.2, -0.15) is 0 Å². The monoisotopic (exact) mass is 649 g/mol. The van der Waals surface area contributed by atoms with Crippen LogP contribution in [0, 0.1) is 0 Å². The van der Waals surface area contributed by atoms with E-state index in [4.69, 9.17) is 4.74 Å². The first-order valence-electron chi connectivity index (χ1n) is 15.5. The standard InChI is InChI=1S/C38H39N3O5S/c1-4-5-22-46-38(45)30-18-20-31(21-19-30)39-35(42)25-47-33-13-9-12-32(24-33)40-37(44)34(41-36(43)29-10-7-6-8-11-29)23-27-14-16-28(17-15-27)26(2)3/h6-21,23-24,26H,4-5,22,25H2,1-3H3,(H,39,42)(H,40,44)(H,41,43)/b34-23+.